The van der Waals surface area contributed by atoms with Crippen LogP contribution in [-0.4, -0.2) is 35.4 Å². The Balaban J connectivity index is 2.21. The molecule has 0 aliphatic rings. The zero-order chi connectivity index (χ0) is 22.3. The van der Waals surface area contributed by atoms with Crippen molar-refractivity contribution in [1.82, 2.24) is 10.2 Å². The van der Waals surface area contributed by atoms with Crippen LogP contribution in [0.4, 0.5) is 0 Å². The van der Waals surface area contributed by atoms with Crippen LogP contribution in [-0.2, 0) is 16.1 Å². The summed E-state index contributed by atoms with van der Waals surface area (Å²) in [4.78, 5) is 27.5. The van der Waals surface area contributed by atoms with Crippen LogP contribution in [0.1, 0.15) is 43.9 Å². The first kappa shape index (κ1) is 23.9. The lowest BCUT2D eigenvalue weighted by molar-refractivity contribution is -0.143. The van der Waals surface area contributed by atoms with Crippen LogP contribution in [0.15, 0.2) is 46.9 Å². The molecule has 2 amide bonds. The van der Waals surface area contributed by atoms with Crippen LogP contribution in [0.5, 0.6) is 5.75 Å². The largest absolute Gasteiger partial charge is 0.484 e. The van der Waals surface area contributed by atoms with Crippen LogP contribution in [0.3, 0.4) is 0 Å². The van der Waals surface area contributed by atoms with Gasteiger partial charge in [0, 0.05) is 17.1 Å². The van der Waals surface area contributed by atoms with Crippen LogP contribution < -0.4 is 10.1 Å². The molecule has 6 heteroatoms. The summed E-state index contributed by atoms with van der Waals surface area (Å²) >= 11 is 3.46. The first-order chi connectivity index (χ1) is 14.2. The second-order valence-corrected chi connectivity index (χ2v) is 8.65. The third-order valence-electron chi connectivity index (χ3n) is 4.78. The van der Waals surface area contributed by atoms with E-state index in [-0.39, 0.29) is 24.5 Å². The first-order valence-electron chi connectivity index (χ1n) is 10.3. The molecule has 0 radical (unpaired) electrons. The number of nitrogens with one attached hydrogen (secondary N) is 1. The molecule has 0 bridgehead atoms. The van der Waals surface area contributed by atoms with E-state index in [1.54, 1.807) is 4.90 Å². The number of aryl methyl sites for hydroxylation is 2. The standard InChI is InChI=1S/C24H31BrN2O3/c1-6-22(24(29)26-16(2)3)27(14-19-9-7-17(4)8-10-19)23(28)15-30-20-11-12-21(25)18(5)13-20/h7-13,16,22H,6,14-15H2,1-5H3,(H,26,29). The van der Waals surface area contributed by atoms with Gasteiger partial charge in [0.15, 0.2) is 6.61 Å². The number of hydrogen-bond donors (Lipinski definition) is 1. The molecule has 0 heterocycles. The van der Waals surface area contributed by atoms with Crippen LogP contribution in [0.2, 0.25) is 0 Å². The van der Waals surface area contributed by atoms with Crippen LogP contribution >= 0.6 is 15.9 Å². The third-order valence-corrected chi connectivity index (χ3v) is 5.67. The fourth-order valence-corrected chi connectivity index (χ4v) is 3.37. The van der Waals surface area contributed by atoms with Gasteiger partial charge in [0.1, 0.15) is 11.8 Å². The van der Waals surface area contributed by atoms with Crippen molar-refractivity contribution in [3.63, 3.8) is 0 Å². The van der Waals surface area contributed by atoms with Gasteiger partial charge < -0.3 is 15.0 Å². The molecule has 1 unspecified atom stereocenters. The number of nitrogens with zero attached hydrogens (tertiary/aromatic N) is 1. The maximum atomic E-state index is 13.1. The van der Waals surface area contributed by atoms with Crippen molar-refractivity contribution >= 4 is 27.7 Å². The minimum atomic E-state index is -0.559. The lowest BCUT2D eigenvalue weighted by atomic mass is 10.1. The summed E-state index contributed by atoms with van der Waals surface area (Å²) in [6.07, 6.45) is 0.521. The normalized spacial score (nSPS) is 11.8. The summed E-state index contributed by atoms with van der Waals surface area (Å²) in [7, 11) is 0. The van der Waals surface area contributed by atoms with E-state index in [1.807, 2.05) is 77.1 Å². The van der Waals surface area contributed by atoms with Crippen molar-refractivity contribution < 1.29 is 14.3 Å². The average Bonchev–Trinajstić information content (AvgIpc) is 2.69. The van der Waals surface area contributed by atoms with Gasteiger partial charge in [-0.1, -0.05) is 52.7 Å². The van der Waals surface area contributed by atoms with E-state index in [0.717, 1.165) is 21.2 Å². The summed E-state index contributed by atoms with van der Waals surface area (Å²) < 4.78 is 6.74. The first-order valence-corrected chi connectivity index (χ1v) is 11.0. The number of amides is 2. The van der Waals surface area contributed by atoms with Crippen LogP contribution in [0.25, 0.3) is 0 Å². The minimum Gasteiger partial charge on any atom is -0.484 e. The SMILES string of the molecule is CCC(C(=O)NC(C)C)N(Cc1ccc(C)cc1)C(=O)COc1ccc(Br)c(C)c1. The van der Waals surface area contributed by atoms with Gasteiger partial charge in [-0.25, -0.2) is 0 Å². The van der Waals surface area contributed by atoms with Gasteiger partial charge in [-0.3, -0.25) is 9.59 Å². The van der Waals surface area contributed by atoms with Gasteiger partial charge >= 0.3 is 0 Å². The molecule has 1 atom stereocenters. The summed E-state index contributed by atoms with van der Waals surface area (Å²) in [6.45, 7) is 9.95. The Hall–Kier alpha value is -2.34. The molecule has 1 N–H and O–H groups in total. The van der Waals surface area contributed by atoms with Gasteiger partial charge in [-0.15, -0.1) is 0 Å². The Morgan fingerprint density at radius 3 is 2.33 bits per heavy atom. The highest BCUT2D eigenvalue weighted by atomic mass is 79.9. The number of rotatable bonds is 9. The molecule has 2 aromatic rings. The van der Waals surface area contributed by atoms with E-state index in [0.29, 0.717) is 18.7 Å². The van der Waals surface area contributed by atoms with Gasteiger partial charge in [-0.2, -0.15) is 0 Å². The van der Waals surface area contributed by atoms with E-state index in [2.05, 4.69) is 21.2 Å². The van der Waals surface area contributed by atoms with Crippen molar-refractivity contribution in [3.05, 3.63) is 63.6 Å². The molecule has 2 rings (SSSR count). The highest BCUT2D eigenvalue weighted by Crippen LogP contribution is 2.22. The maximum absolute atomic E-state index is 13.1. The molecule has 0 saturated carbocycles. The minimum absolute atomic E-state index is 0.00451. The molecule has 0 fully saturated rings. The Bertz CT molecular complexity index is 865. The van der Waals surface area contributed by atoms with Crippen molar-refractivity contribution in [2.24, 2.45) is 0 Å². The lowest BCUT2D eigenvalue weighted by Gasteiger charge is -2.31. The van der Waals surface area contributed by atoms with Crippen molar-refractivity contribution in [1.29, 1.82) is 0 Å². The highest BCUT2D eigenvalue weighted by molar-refractivity contribution is 9.10. The number of ether oxygens (including phenoxy) is 1. The predicted molar refractivity (Wildman–Crippen MR) is 123 cm³/mol. The average molecular weight is 475 g/mol. The second kappa shape index (κ2) is 11.2. The third kappa shape index (κ3) is 6.87. The van der Waals surface area contributed by atoms with Crippen molar-refractivity contribution in [2.45, 2.75) is 59.7 Å². The molecule has 0 saturated heterocycles. The Labute approximate surface area is 187 Å². The van der Waals surface area contributed by atoms with Crippen LogP contribution in [0, 0.1) is 13.8 Å². The molecule has 30 heavy (non-hydrogen) atoms. The number of carbonyl (C=O) groups excluding carboxylic acids is 2. The predicted octanol–water partition coefficient (Wildman–Crippen LogP) is 4.78. The quantitative estimate of drug-likeness (QED) is 0.568. The van der Waals surface area contributed by atoms with Gasteiger partial charge in [0.05, 0.1) is 0 Å². The van der Waals surface area contributed by atoms with Gasteiger partial charge in [0.25, 0.3) is 5.91 Å². The molecule has 0 aliphatic heterocycles. The van der Waals surface area contributed by atoms with E-state index in [9.17, 15) is 9.59 Å². The highest BCUT2D eigenvalue weighted by Gasteiger charge is 2.29. The Morgan fingerprint density at radius 2 is 1.77 bits per heavy atom. The summed E-state index contributed by atoms with van der Waals surface area (Å²) in [5.74, 6) is 0.258. The van der Waals surface area contributed by atoms with E-state index in [4.69, 9.17) is 4.74 Å². The van der Waals surface area contributed by atoms with Gasteiger partial charge in [-0.05, 0) is 63.4 Å². The number of benzene rings is 2. The Kier molecular flexibility index (Phi) is 8.90. The monoisotopic (exact) mass is 474 g/mol. The fourth-order valence-electron chi connectivity index (χ4n) is 3.13. The zero-order valence-corrected chi connectivity index (χ0v) is 20.0. The van der Waals surface area contributed by atoms with E-state index >= 15 is 0 Å². The number of carbonyl (C=O) groups is 2. The summed E-state index contributed by atoms with van der Waals surface area (Å²) in [6, 6.07) is 13.0. The smallest absolute Gasteiger partial charge is 0.261 e. The van der Waals surface area contributed by atoms with E-state index < -0.39 is 6.04 Å². The second-order valence-electron chi connectivity index (χ2n) is 7.79. The topological polar surface area (TPSA) is 58.6 Å². The maximum Gasteiger partial charge on any atom is 0.261 e. The Morgan fingerprint density at radius 1 is 1.10 bits per heavy atom. The van der Waals surface area contributed by atoms with Crippen molar-refractivity contribution in [2.75, 3.05) is 6.61 Å². The number of halogens is 1. The molecular formula is C24H31BrN2O3. The molecular weight excluding hydrogens is 444 g/mol. The van der Waals surface area contributed by atoms with Crippen molar-refractivity contribution in [3.8, 4) is 5.75 Å². The number of hydrogen-bond acceptors (Lipinski definition) is 3. The summed E-state index contributed by atoms with van der Waals surface area (Å²) in [5, 5.41) is 2.93. The molecule has 0 spiro atoms. The summed E-state index contributed by atoms with van der Waals surface area (Å²) in [5.41, 5.74) is 3.15. The lowest BCUT2D eigenvalue weighted by Crippen LogP contribution is -2.51. The molecule has 5 nitrogen and oxygen atoms in total. The fraction of sp³-hybridized carbons (Fsp3) is 0.417. The van der Waals surface area contributed by atoms with Gasteiger partial charge in [0.2, 0.25) is 5.91 Å². The molecule has 0 aliphatic carbocycles. The molecule has 0 aromatic heterocycles. The zero-order valence-electron chi connectivity index (χ0n) is 18.4. The molecule has 2 aromatic carbocycles. The van der Waals surface area contributed by atoms with E-state index in [1.165, 1.54) is 0 Å². The molecule has 162 valence electrons.